The van der Waals surface area contributed by atoms with Crippen LogP contribution in [0.3, 0.4) is 0 Å². The smallest absolute Gasteiger partial charge is 0.410 e. The predicted molar refractivity (Wildman–Crippen MR) is 62.9 cm³/mol. The van der Waals surface area contributed by atoms with Crippen LogP contribution < -0.4 is 5.10 Å². The number of likely N-dealkylation sites (tertiary alicyclic amines) is 1. The molecule has 7 heteroatoms. The molecule has 18 heavy (non-hydrogen) atoms. The molecule has 1 aliphatic heterocycles. The fourth-order valence-electron chi connectivity index (χ4n) is 2.00. The minimum Gasteiger partial charge on any atom is -0.444 e. The molecule has 0 N–H and O–H groups in total. The summed E-state index contributed by atoms with van der Waals surface area (Å²) >= 11 is 0. The summed E-state index contributed by atoms with van der Waals surface area (Å²) in [4.78, 5) is 13.7. The van der Waals surface area contributed by atoms with Crippen molar-refractivity contribution in [1.82, 2.24) is 25.5 Å². The Bertz CT molecular complexity index is 398. The van der Waals surface area contributed by atoms with E-state index < -0.39 is 5.60 Å². The van der Waals surface area contributed by atoms with E-state index in [1.807, 2.05) is 20.8 Å². The van der Waals surface area contributed by atoms with Crippen molar-refractivity contribution >= 4 is 6.09 Å². The van der Waals surface area contributed by atoms with E-state index in [0.717, 1.165) is 12.8 Å². The van der Waals surface area contributed by atoms with Crippen LogP contribution in [-0.2, 0) is 4.74 Å². The molecule has 0 spiro atoms. The second kappa shape index (κ2) is 4.91. The lowest BCUT2D eigenvalue weighted by Gasteiger charge is -2.34. The van der Waals surface area contributed by atoms with Crippen LogP contribution in [-0.4, -0.2) is 45.2 Å². The number of nitrogens with zero attached hydrogens (tertiary/aromatic N) is 5. The maximum atomic E-state index is 12.0. The first kappa shape index (κ1) is 12.8. The lowest BCUT2D eigenvalue weighted by Crippen LogP contribution is -2.42. The number of carbonyl (C=O) groups excluding carboxylic acids is 1. The van der Waals surface area contributed by atoms with E-state index in [9.17, 15) is 4.79 Å². The topological polar surface area (TPSA) is 82.3 Å². The van der Waals surface area contributed by atoms with E-state index in [1.54, 1.807) is 4.90 Å². The Morgan fingerprint density at radius 2 is 2.28 bits per heavy atom. The van der Waals surface area contributed by atoms with E-state index >= 15 is 0 Å². The molecule has 0 unspecified atom stereocenters. The van der Waals surface area contributed by atoms with Gasteiger partial charge in [0, 0.05) is 24.8 Å². The zero-order chi connectivity index (χ0) is 13.2. The quantitative estimate of drug-likeness (QED) is 0.739. The number of rotatable bonds is 1. The monoisotopic (exact) mass is 252 g/mol. The minimum atomic E-state index is -0.468. The molecule has 100 valence electrons. The molecular formula is C11H18N5O2-. The SMILES string of the molecule is CC(C)(C)OC(=O)N1CCC[C@H](c2nnn[n-]2)C1. The van der Waals surface area contributed by atoms with E-state index in [-0.39, 0.29) is 12.0 Å². The summed E-state index contributed by atoms with van der Waals surface area (Å²) in [6.07, 6.45) is 1.59. The highest BCUT2D eigenvalue weighted by molar-refractivity contribution is 5.68. The van der Waals surface area contributed by atoms with Gasteiger partial charge in [0.1, 0.15) is 5.60 Å². The van der Waals surface area contributed by atoms with Crippen LogP contribution in [0.4, 0.5) is 4.79 Å². The van der Waals surface area contributed by atoms with Crippen LogP contribution in [0, 0.1) is 0 Å². The molecule has 1 saturated heterocycles. The molecule has 2 rings (SSSR count). The van der Waals surface area contributed by atoms with Gasteiger partial charge < -0.3 is 14.7 Å². The number of ether oxygens (including phenoxy) is 1. The minimum absolute atomic E-state index is 0.112. The van der Waals surface area contributed by atoms with Crippen LogP contribution in [0.1, 0.15) is 45.4 Å². The Kier molecular flexibility index (Phi) is 3.49. The predicted octanol–water partition coefficient (Wildman–Crippen LogP) is 0.943. The second-order valence-corrected chi connectivity index (χ2v) is 5.50. The van der Waals surface area contributed by atoms with Crippen LogP contribution in [0.5, 0.6) is 0 Å². The molecule has 0 bridgehead atoms. The highest BCUT2D eigenvalue weighted by Gasteiger charge is 2.28. The van der Waals surface area contributed by atoms with Gasteiger partial charge in [-0.25, -0.2) is 4.79 Å². The van der Waals surface area contributed by atoms with Gasteiger partial charge in [-0.3, -0.25) is 10.3 Å². The molecule has 1 atom stereocenters. The van der Waals surface area contributed by atoms with Crippen molar-refractivity contribution in [3.8, 4) is 0 Å². The van der Waals surface area contributed by atoms with E-state index in [0.29, 0.717) is 18.9 Å². The summed E-state index contributed by atoms with van der Waals surface area (Å²) in [5.41, 5.74) is -0.468. The summed E-state index contributed by atoms with van der Waals surface area (Å²) in [5.74, 6) is 0.726. The number of piperidine rings is 1. The maximum Gasteiger partial charge on any atom is 0.410 e. The lowest BCUT2D eigenvalue weighted by atomic mass is 9.98. The molecule has 2 heterocycles. The van der Waals surface area contributed by atoms with Crippen LogP contribution in [0.25, 0.3) is 0 Å². The maximum absolute atomic E-state index is 12.0. The summed E-state index contributed by atoms with van der Waals surface area (Å²) in [6.45, 7) is 6.87. The number of carbonyl (C=O) groups is 1. The van der Waals surface area contributed by atoms with Crippen molar-refractivity contribution in [2.45, 2.75) is 45.1 Å². The van der Waals surface area contributed by atoms with Crippen LogP contribution in [0.15, 0.2) is 0 Å². The molecule has 0 radical (unpaired) electrons. The zero-order valence-electron chi connectivity index (χ0n) is 11.0. The second-order valence-electron chi connectivity index (χ2n) is 5.50. The number of amides is 1. The molecule has 7 nitrogen and oxygen atoms in total. The highest BCUT2D eigenvalue weighted by Crippen LogP contribution is 2.24. The fourth-order valence-corrected chi connectivity index (χ4v) is 2.00. The van der Waals surface area contributed by atoms with E-state index in [2.05, 4.69) is 20.6 Å². The molecule has 1 aromatic heterocycles. The molecule has 0 aliphatic carbocycles. The Hall–Kier alpha value is -1.66. The molecule has 1 aliphatic rings. The van der Waals surface area contributed by atoms with Gasteiger partial charge in [0.2, 0.25) is 0 Å². The van der Waals surface area contributed by atoms with Gasteiger partial charge >= 0.3 is 6.09 Å². The first-order chi connectivity index (χ1) is 8.46. The normalized spacial score (nSPS) is 20.8. The Labute approximate surface area is 106 Å². The summed E-state index contributed by atoms with van der Waals surface area (Å²) in [7, 11) is 0. The van der Waals surface area contributed by atoms with Gasteiger partial charge in [-0.2, -0.15) is 5.21 Å². The van der Waals surface area contributed by atoms with Gasteiger partial charge in [0.25, 0.3) is 0 Å². The van der Waals surface area contributed by atoms with Gasteiger partial charge in [-0.15, -0.1) is 0 Å². The van der Waals surface area contributed by atoms with Crippen LogP contribution >= 0.6 is 0 Å². The Morgan fingerprint density at radius 1 is 1.50 bits per heavy atom. The summed E-state index contributed by atoms with van der Waals surface area (Å²) in [5, 5.41) is 14.7. The number of tetrazole rings is 1. The Morgan fingerprint density at radius 3 is 2.89 bits per heavy atom. The van der Waals surface area contributed by atoms with Crippen molar-refractivity contribution in [3.63, 3.8) is 0 Å². The van der Waals surface area contributed by atoms with Crippen molar-refractivity contribution in [2.75, 3.05) is 13.1 Å². The third kappa shape index (κ3) is 3.18. The number of aromatic nitrogens is 4. The fraction of sp³-hybridized carbons (Fsp3) is 0.818. The third-order valence-electron chi connectivity index (χ3n) is 2.77. The van der Waals surface area contributed by atoms with Gasteiger partial charge in [0.15, 0.2) is 0 Å². The van der Waals surface area contributed by atoms with E-state index in [4.69, 9.17) is 4.74 Å². The van der Waals surface area contributed by atoms with E-state index in [1.165, 1.54) is 0 Å². The summed E-state index contributed by atoms with van der Waals surface area (Å²) in [6, 6.07) is 0. The van der Waals surface area contributed by atoms with Crippen molar-refractivity contribution < 1.29 is 9.53 Å². The standard InChI is InChI=1S/C11H18N5O2/c1-11(2,3)18-10(17)16-6-4-5-8(7-16)9-12-14-15-13-9/h8H,4-7H2,1-3H3/q-1/t8-/m0/s1. The average molecular weight is 252 g/mol. The lowest BCUT2D eigenvalue weighted by molar-refractivity contribution is 0.0196. The van der Waals surface area contributed by atoms with Crippen molar-refractivity contribution in [1.29, 1.82) is 0 Å². The largest absolute Gasteiger partial charge is 0.444 e. The molecule has 1 aromatic rings. The van der Waals surface area contributed by atoms with Crippen molar-refractivity contribution in [2.24, 2.45) is 0 Å². The molecule has 1 fully saturated rings. The average Bonchev–Trinajstić information content (AvgIpc) is 2.80. The van der Waals surface area contributed by atoms with Crippen molar-refractivity contribution in [3.05, 3.63) is 5.82 Å². The third-order valence-corrected chi connectivity index (χ3v) is 2.77. The Balaban J connectivity index is 1.96. The zero-order valence-corrected chi connectivity index (χ0v) is 11.0. The van der Waals surface area contributed by atoms with Crippen LogP contribution in [0.2, 0.25) is 0 Å². The highest BCUT2D eigenvalue weighted by atomic mass is 16.6. The van der Waals surface area contributed by atoms with Gasteiger partial charge in [-0.1, -0.05) is 0 Å². The summed E-state index contributed by atoms with van der Waals surface area (Å²) < 4.78 is 5.36. The number of hydrogen-bond donors (Lipinski definition) is 0. The first-order valence-electron chi connectivity index (χ1n) is 6.12. The molecular weight excluding hydrogens is 234 g/mol. The first-order valence-corrected chi connectivity index (χ1v) is 6.12. The molecule has 0 aromatic carbocycles. The molecule has 1 amide bonds. The molecule has 0 saturated carbocycles. The number of hydrogen-bond acceptors (Lipinski definition) is 5. The van der Waals surface area contributed by atoms with Gasteiger partial charge in [0.05, 0.1) is 0 Å². The van der Waals surface area contributed by atoms with Gasteiger partial charge in [-0.05, 0) is 33.6 Å².